The quantitative estimate of drug-likeness (QED) is 0.855. The lowest BCUT2D eigenvalue weighted by atomic mass is 9.89. The van der Waals surface area contributed by atoms with Crippen LogP contribution in [0.15, 0.2) is 30.6 Å². The third-order valence-electron chi connectivity index (χ3n) is 3.04. The van der Waals surface area contributed by atoms with Gasteiger partial charge in [-0.1, -0.05) is 17.7 Å². The Kier molecular flexibility index (Phi) is 2.99. The third kappa shape index (κ3) is 2.21. The molecule has 0 N–H and O–H groups in total. The molecule has 0 saturated carbocycles. The topological polar surface area (TPSA) is 46.1 Å². The number of hydrogen-bond acceptors (Lipinski definition) is 4. The summed E-state index contributed by atoms with van der Waals surface area (Å²) in [7, 11) is 0. The van der Waals surface area contributed by atoms with E-state index in [4.69, 9.17) is 11.6 Å². The number of halogens is 2. The summed E-state index contributed by atoms with van der Waals surface area (Å²) in [6.07, 6.45) is 3.08. The number of carbonyl (C=O) groups is 1. The fourth-order valence-electron chi connectivity index (χ4n) is 2.02. The number of likely N-dealkylation sites (tertiary alicyclic amines) is 1. The van der Waals surface area contributed by atoms with Crippen LogP contribution in [0.25, 0.3) is 0 Å². The summed E-state index contributed by atoms with van der Waals surface area (Å²) in [5.41, 5.74) is -1.00. The molecule has 1 aliphatic rings. The fourth-order valence-corrected chi connectivity index (χ4v) is 2.91. The second-order valence-electron chi connectivity index (χ2n) is 4.38. The van der Waals surface area contributed by atoms with E-state index in [0.717, 1.165) is 11.5 Å². The van der Waals surface area contributed by atoms with Crippen LogP contribution in [0.1, 0.15) is 15.2 Å². The summed E-state index contributed by atoms with van der Waals surface area (Å²) in [4.78, 5) is 17.8. The summed E-state index contributed by atoms with van der Waals surface area (Å²) >= 11 is 6.69. The maximum atomic E-state index is 14.5. The molecule has 1 saturated heterocycles. The molecule has 98 valence electrons. The summed E-state index contributed by atoms with van der Waals surface area (Å²) in [5, 5.41) is 0.285. The molecule has 19 heavy (non-hydrogen) atoms. The van der Waals surface area contributed by atoms with Gasteiger partial charge in [-0.05, 0) is 17.6 Å². The monoisotopic (exact) mass is 297 g/mol. The van der Waals surface area contributed by atoms with Gasteiger partial charge in [0.1, 0.15) is 10.0 Å². The molecule has 4 nitrogen and oxygen atoms in total. The van der Waals surface area contributed by atoms with E-state index in [2.05, 4.69) is 9.36 Å². The van der Waals surface area contributed by atoms with Gasteiger partial charge in [-0.25, -0.2) is 4.39 Å². The molecule has 0 spiro atoms. The van der Waals surface area contributed by atoms with Gasteiger partial charge in [0.15, 0.2) is 5.67 Å². The first kappa shape index (κ1) is 12.5. The lowest BCUT2D eigenvalue weighted by Gasteiger charge is -2.44. The number of amides is 1. The zero-order valence-electron chi connectivity index (χ0n) is 9.72. The molecule has 7 heteroatoms. The average Bonchev–Trinajstić information content (AvgIpc) is 2.82. The number of rotatable bonds is 2. The van der Waals surface area contributed by atoms with Crippen molar-refractivity contribution in [3.63, 3.8) is 0 Å². The normalized spacial score (nSPS) is 17.1. The van der Waals surface area contributed by atoms with Crippen molar-refractivity contribution >= 4 is 29.0 Å². The second-order valence-corrected chi connectivity index (χ2v) is 5.57. The minimum Gasteiger partial charge on any atom is -0.331 e. The summed E-state index contributed by atoms with van der Waals surface area (Å²) in [5.74, 6) is -0.235. The van der Waals surface area contributed by atoms with Crippen LogP contribution in [0.4, 0.5) is 4.39 Å². The Labute approximate surface area is 118 Å². The van der Waals surface area contributed by atoms with Crippen LogP contribution in [-0.2, 0) is 5.67 Å². The van der Waals surface area contributed by atoms with E-state index < -0.39 is 5.67 Å². The zero-order valence-corrected chi connectivity index (χ0v) is 11.3. The molecule has 2 aromatic rings. The van der Waals surface area contributed by atoms with Gasteiger partial charge in [-0.3, -0.25) is 9.78 Å². The minimum atomic E-state index is -1.50. The Morgan fingerprint density at radius 2 is 2.32 bits per heavy atom. The second kappa shape index (κ2) is 4.54. The molecule has 1 amide bonds. The van der Waals surface area contributed by atoms with Crippen molar-refractivity contribution in [1.82, 2.24) is 14.3 Å². The summed E-state index contributed by atoms with van der Waals surface area (Å²) in [6.45, 7) is 0.0695. The maximum Gasteiger partial charge on any atom is 0.265 e. The van der Waals surface area contributed by atoms with Gasteiger partial charge in [0, 0.05) is 24.0 Å². The van der Waals surface area contributed by atoms with Crippen LogP contribution in [-0.4, -0.2) is 33.3 Å². The van der Waals surface area contributed by atoms with E-state index in [1.54, 1.807) is 18.3 Å². The van der Waals surface area contributed by atoms with Crippen LogP contribution >= 0.6 is 23.1 Å². The van der Waals surface area contributed by atoms with Gasteiger partial charge in [0.2, 0.25) is 0 Å². The lowest BCUT2D eigenvalue weighted by Crippen LogP contribution is -2.58. The highest BCUT2D eigenvalue weighted by atomic mass is 35.5. The smallest absolute Gasteiger partial charge is 0.265 e. The standard InChI is InChI=1S/C12H9ClFN3OS/c13-10-4-9(19-16-10)11(18)17-6-12(14,7-17)8-2-1-3-15-5-8/h1-5H,6-7H2. The lowest BCUT2D eigenvalue weighted by molar-refractivity contribution is -0.0230. The molecular weight excluding hydrogens is 289 g/mol. The molecule has 0 atom stereocenters. The zero-order chi connectivity index (χ0) is 13.5. The first-order valence-corrected chi connectivity index (χ1v) is 6.74. The largest absolute Gasteiger partial charge is 0.331 e. The highest BCUT2D eigenvalue weighted by molar-refractivity contribution is 7.08. The molecule has 0 aromatic carbocycles. The van der Waals surface area contributed by atoms with Crippen molar-refractivity contribution in [3.05, 3.63) is 46.2 Å². The van der Waals surface area contributed by atoms with E-state index in [-0.39, 0.29) is 24.1 Å². The van der Waals surface area contributed by atoms with E-state index in [9.17, 15) is 9.18 Å². The van der Waals surface area contributed by atoms with E-state index in [1.165, 1.54) is 17.2 Å². The first-order chi connectivity index (χ1) is 9.08. The maximum absolute atomic E-state index is 14.5. The molecule has 1 fully saturated rings. The van der Waals surface area contributed by atoms with Gasteiger partial charge in [0.25, 0.3) is 5.91 Å². The Balaban J connectivity index is 1.71. The van der Waals surface area contributed by atoms with Gasteiger partial charge in [-0.15, -0.1) is 0 Å². The average molecular weight is 298 g/mol. The van der Waals surface area contributed by atoms with Crippen LogP contribution in [0.3, 0.4) is 0 Å². The molecule has 0 unspecified atom stereocenters. The van der Waals surface area contributed by atoms with Crippen molar-refractivity contribution in [2.45, 2.75) is 5.67 Å². The van der Waals surface area contributed by atoms with Gasteiger partial charge >= 0.3 is 0 Å². The predicted molar refractivity (Wildman–Crippen MR) is 70.1 cm³/mol. The van der Waals surface area contributed by atoms with Gasteiger partial charge in [0.05, 0.1) is 13.1 Å². The van der Waals surface area contributed by atoms with Crippen molar-refractivity contribution in [1.29, 1.82) is 0 Å². The highest BCUT2D eigenvalue weighted by Crippen LogP contribution is 2.36. The number of aromatic nitrogens is 2. The van der Waals surface area contributed by atoms with E-state index >= 15 is 0 Å². The van der Waals surface area contributed by atoms with E-state index in [1.807, 2.05) is 0 Å². The predicted octanol–water partition coefficient (Wildman–Crippen LogP) is 2.51. The molecular formula is C12H9ClFN3OS. The van der Waals surface area contributed by atoms with Crippen LogP contribution in [0.2, 0.25) is 5.15 Å². The number of pyridine rings is 1. The van der Waals surface area contributed by atoms with Crippen LogP contribution in [0.5, 0.6) is 0 Å². The summed E-state index contributed by atoms with van der Waals surface area (Å²) < 4.78 is 18.3. The Morgan fingerprint density at radius 1 is 1.53 bits per heavy atom. The molecule has 1 aliphatic heterocycles. The number of alkyl halides is 1. The van der Waals surface area contributed by atoms with Crippen LogP contribution < -0.4 is 0 Å². The minimum absolute atomic E-state index is 0.0348. The molecule has 3 rings (SSSR count). The van der Waals surface area contributed by atoms with E-state index in [0.29, 0.717) is 10.4 Å². The SMILES string of the molecule is O=C(c1cc(Cl)ns1)N1CC(F)(c2cccnc2)C1. The van der Waals surface area contributed by atoms with Gasteiger partial charge in [-0.2, -0.15) is 4.37 Å². The molecule has 2 aromatic heterocycles. The molecule has 0 bridgehead atoms. The number of hydrogen-bond donors (Lipinski definition) is 0. The fraction of sp³-hybridized carbons (Fsp3) is 0.250. The first-order valence-electron chi connectivity index (χ1n) is 5.59. The van der Waals surface area contributed by atoms with Crippen LogP contribution in [0, 0.1) is 0 Å². The molecule has 0 aliphatic carbocycles. The molecule has 0 radical (unpaired) electrons. The third-order valence-corrected chi connectivity index (χ3v) is 4.11. The number of nitrogens with zero attached hydrogens (tertiary/aromatic N) is 3. The van der Waals surface area contributed by atoms with Crippen molar-refractivity contribution in [3.8, 4) is 0 Å². The number of carbonyl (C=O) groups excluding carboxylic acids is 1. The Bertz CT molecular complexity index is 612. The Morgan fingerprint density at radius 3 is 2.89 bits per heavy atom. The highest BCUT2D eigenvalue weighted by Gasteiger charge is 2.47. The van der Waals surface area contributed by atoms with Crippen molar-refractivity contribution < 1.29 is 9.18 Å². The summed E-state index contributed by atoms with van der Waals surface area (Å²) in [6, 6.07) is 4.86. The molecule has 3 heterocycles. The van der Waals surface area contributed by atoms with Gasteiger partial charge < -0.3 is 4.90 Å². The van der Waals surface area contributed by atoms with Crippen molar-refractivity contribution in [2.75, 3.05) is 13.1 Å². The van der Waals surface area contributed by atoms with Crippen molar-refractivity contribution in [2.24, 2.45) is 0 Å². The Hall–Kier alpha value is -1.53.